The topological polar surface area (TPSA) is 68.2 Å². The normalized spacial score (nSPS) is 17.0. The maximum Gasteiger partial charge on any atom is 0.276 e. The minimum Gasteiger partial charge on any atom is -0.494 e. The summed E-state index contributed by atoms with van der Waals surface area (Å²) in [7, 11) is 0. The Morgan fingerprint density at radius 2 is 2.17 bits per heavy atom. The maximum atomic E-state index is 12.3. The van der Waals surface area contributed by atoms with Crippen molar-refractivity contribution >= 4 is 24.0 Å². The first-order valence-corrected chi connectivity index (χ1v) is 8.06. The third-order valence-electron chi connectivity index (χ3n) is 3.91. The Hall–Kier alpha value is -2.05. The number of piperidine rings is 1. The molecule has 2 N–H and O–H groups in total. The summed E-state index contributed by atoms with van der Waals surface area (Å²) < 4.78 is 7.27. The molecule has 1 aromatic carbocycles. The molecule has 130 valence electrons. The van der Waals surface area contributed by atoms with Gasteiger partial charge in [0.25, 0.3) is 5.91 Å². The Bertz CT molecular complexity index is 651. The fourth-order valence-electron chi connectivity index (χ4n) is 2.72. The van der Waals surface area contributed by atoms with Crippen molar-refractivity contribution < 1.29 is 9.53 Å². The van der Waals surface area contributed by atoms with Crippen molar-refractivity contribution in [3.63, 3.8) is 0 Å². The van der Waals surface area contributed by atoms with Crippen LogP contribution in [0.4, 0.5) is 5.69 Å². The predicted octanol–water partition coefficient (Wildman–Crippen LogP) is 2.88. The van der Waals surface area contributed by atoms with Crippen molar-refractivity contribution in [3.8, 4) is 5.75 Å². The second kappa shape index (κ2) is 8.70. The van der Waals surface area contributed by atoms with Gasteiger partial charge in [0.2, 0.25) is 0 Å². The zero-order valence-electron chi connectivity index (χ0n) is 13.7. The molecule has 1 atom stereocenters. The van der Waals surface area contributed by atoms with Gasteiger partial charge < -0.3 is 15.4 Å². The predicted molar refractivity (Wildman–Crippen MR) is 96.2 cm³/mol. The van der Waals surface area contributed by atoms with E-state index in [9.17, 15) is 4.79 Å². The van der Waals surface area contributed by atoms with E-state index in [-0.39, 0.29) is 18.3 Å². The smallest absolute Gasteiger partial charge is 0.276 e. The summed E-state index contributed by atoms with van der Waals surface area (Å²) in [5, 5.41) is 10.6. The molecule has 1 fully saturated rings. The van der Waals surface area contributed by atoms with Crippen molar-refractivity contribution in [2.45, 2.75) is 25.8 Å². The number of hydrogen-bond donors (Lipinski definition) is 2. The molecular weight excluding hydrogens is 328 g/mol. The van der Waals surface area contributed by atoms with Crippen LogP contribution in [0.2, 0.25) is 0 Å². The lowest BCUT2D eigenvalue weighted by Gasteiger charge is -2.22. The molecule has 2 aromatic rings. The van der Waals surface area contributed by atoms with E-state index in [0.717, 1.165) is 37.4 Å². The minimum atomic E-state index is -0.198. The lowest BCUT2D eigenvalue weighted by molar-refractivity contribution is 0.102. The van der Waals surface area contributed by atoms with Crippen LogP contribution in [0.3, 0.4) is 0 Å². The first kappa shape index (κ1) is 18.3. The van der Waals surface area contributed by atoms with Gasteiger partial charge in [-0.15, -0.1) is 12.4 Å². The van der Waals surface area contributed by atoms with Crippen LogP contribution in [-0.4, -0.2) is 35.4 Å². The average Bonchev–Trinajstić information content (AvgIpc) is 3.08. The first-order chi connectivity index (χ1) is 11.3. The van der Waals surface area contributed by atoms with E-state index in [0.29, 0.717) is 18.3 Å². The number of rotatable bonds is 5. The van der Waals surface area contributed by atoms with E-state index < -0.39 is 0 Å². The van der Waals surface area contributed by atoms with Crippen molar-refractivity contribution in [1.82, 2.24) is 15.1 Å². The third-order valence-corrected chi connectivity index (χ3v) is 3.91. The number of benzene rings is 1. The number of anilines is 1. The lowest BCUT2D eigenvalue weighted by atomic mass is 10.1. The highest BCUT2D eigenvalue weighted by Gasteiger charge is 2.17. The van der Waals surface area contributed by atoms with Gasteiger partial charge >= 0.3 is 0 Å². The Labute approximate surface area is 148 Å². The standard InChI is InChI=1S/C17H22N4O2.ClH/c1-2-23-15-7-5-13(6-8-15)19-17(22)16-9-11-21(20-16)14-4-3-10-18-12-14;/h5-9,11,14,18H,2-4,10,12H2,1H3,(H,19,22);1H. The van der Waals surface area contributed by atoms with Gasteiger partial charge in [-0.25, -0.2) is 0 Å². The molecule has 1 amide bonds. The summed E-state index contributed by atoms with van der Waals surface area (Å²) in [4.78, 5) is 12.3. The van der Waals surface area contributed by atoms with E-state index >= 15 is 0 Å². The number of carbonyl (C=O) groups is 1. The molecule has 0 spiro atoms. The quantitative estimate of drug-likeness (QED) is 0.870. The molecule has 24 heavy (non-hydrogen) atoms. The lowest BCUT2D eigenvalue weighted by Crippen LogP contribution is -2.32. The van der Waals surface area contributed by atoms with Crippen LogP contribution >= 0.6 is 12.4 Å². The van der Waals surface area contributed by atoms with Crippen LogP contribution in [0, 0.1) is 0 Å². The molecule has 3 rings (SSSR count). The van der Waals surface area contributed by atoms with Crippen LogP contribution in [0.1, 0.15) is 36.3 Å². The Morgan fingerprint density at radius 3 is 2.83 bits per heavy atom. The molecule has 0 saturated carbocycles. The number of nitrogens with zero attached hydrogens (tertiary/aromatic N) is 2. The van der Waals surface area contributed by atoms with Crippen LogP contribution in [0.15, 0.2) is 36.5 Å². The number of halogens is 1. The number of hydrogen-bond acceptors (Lipinski definition) is 4. The molecule has 1 unspecified atom stereocenters. The highest BCUT2D eigenvalue weighted by molar-refractivity contribution is 6.02. The molecule has 6 nitrogen and oxygen atoms in total. The molecule has 0 bridgehead atoms. The summed E-state index contributed by atoms with van der Waals surface area (Å²) in [5.74, 6) is 0.594. The van der Waals surface area contributed by atoms with E-state index in [4.69, 9.17) is 4.74 Å². The van der Waals surface area contributed by atoms with Gasteiger partial charge in [-0.2, -0.15) is 5.10 Å². The maximum absolute atomic E-state index is 12.3. The molecular formula is C17H23ClN4O2. The number of aromatic nitrogens is 2. The average molecular weight is 351 g/mol. The van der Waals surface area contributed by atoms with Crippen molar-refractivity contribution in [1.29, 1.82) is 0 Å². The first-order valence-electron chi connectivity index (χ1n) is 8.06. The summed E-state index contributed by atoms with van der Waals surface area (Å²) in [6, 6.07) is 9.42. The molecule has 7 heteroatoms. The second-order valence-corrected chi connectivity index (χ2v) is 5.59. The number of amides is 1. The summed E-state index contributed by atoms with van der Waals surface area (Å²) >= 11 is 0. The number of ether oxygens (including phenoxy) is 1. The fourth-order valence-corrected chi connectivity index (χ4v) is 2.72. The number of nitrogens with one attached hydrogen (secondary N) is 2. The van der Waals surface area contributed by atoms with Crippen LogP contribution in [0.25, 0.3) is 0 Å². The van der Waals surface area contributed by atoms with Crippen LogP contribution in [-0.2, 0) is 0 Å². The summed E-state index contributed by atoms with van der Waals surface area (Å²) in [5.41, 5.74) is 1.16. The molecule has 1 saturated heterocycles. The van der Waals surface area contributed by atoms with Gasteiger partial charge in [-0.1, -0.05) is 0 Å². The highest BCUT2D eigenvalue weighted by atomic mass is 35.5. The molecule has 1 aliphatic heterocycles. The third kappa shape index (κ3) is 4.49. The molecule has 2 heterocycles. The van der Waals surface area contributed by atoms with Crippen molar-refractivity contribution in [2.24, 2.45) is 0 Å². The Morgan fingerprint density at radius 1 is 1.38 bits per heavy atom. The Kier molecular flexibility index (Phi) is 6.63. The van der Waals surface area contributed by atoms with Gasteiger partial charge in [0.1, 0.15) is 5.75 Å². The molecule has 1 aromatic heterocycles. The van der Waals surface area contributed by atoms with Gasteiger partial charge in [0.05, 0.1) is 12.6 Å². The zero-order valence-corrected chi connectivity index (χ0v) is 14.5. The molecule has 0 aliphatic carbocycles. The van der Waals surface area contributed by atoms with E-state index in [1.54, 1.807) is 6.07 Å². The molecule has 0 radical (unpaired) electrons. The van der Waals surface area contributed by atoms with Gasteiger partial charge in [-0.3, -0.25) is 9.48 Å². The van der Waals surface area contributed by atoms with Crippen molar-refractivity contribution in [2.75, 3.05) is 25.0 Å². The van der Waals surface area contributed by atoms with Gasteiger partial charge in [-0.05, 0) is 56.6 Å². The SMILES string of the molecule is CCOc1ccc(NC(=O)c2ccn(C3CCCNC3)n2)cc1.Cl. The fraction of sp³-hybridized carbons (Fsp3) is 0.412. The monoisotopic (exact) mass is 350 g/mol. The Balaban J connectivity index is 0.00000208. The van der Waals surface area contributed by atoms with Gasteiger partial charge in [0, 0.05) is 18.4 Å². The van der Waals surface area contributed by atoms with E-state index in [1.807, 2.05) is 42.1 Å². The minimum absolute atomic E-state index is 0. The van der Waals surface area contributed by atoms with Crippen LogP contribution in [0.5, 0.6) is 5.75 Å². The van der Waals surface area contributed by atoms with Crippen molar-refractivity contribution in [3.05, 3.63) is 42.2 Å². The van der Waals surface area contributed by atoms with E-state index in [2.05, 4.69) is 15.7 Å². The largest absolute Gasteiger partial charge is 0.494 e. The zero-order chi connectivity index (χ0) is 16.1. The molecule has 1 aliphatic rings. The van der Waals surface area contributed by atoms with Crippen LogP contribution < -0.4 is 15.4 Å². The highest BCUT2D eigenvalue weighted by Crippen LogP contribution is 2.18. The number of carbonyl (C=O) groups excluding carboxylic acids is 1. The summed E-state index contributed by atoms with van der Waals surface area (Å²) in [6.45, 7) is 4.53. The second-order valence-electron chi connectivity index (χ2n) is 5.59. The summed E-state index contributed by atoms with van der Waals surface area (Å²) in [6.07, 6.45) is 4.11. The van der Waals surface area contributed by atoms with E-state index in [1.165, 1.54) is 0 Å². The van der Waals surface area contributed by atoms with Gasteiger partial charge in [0.15, 0.2) is 5.69 Å².